The van der Waals surface area contributed by atoms with Gasteiger partial charge < -0.3 is 15.5 Å². The van der Waals surface area contributed by atoms with Crippen LogP contribution >= 0.6 is 11.3 Å². The number of benzene rings is 1. The number of aryl methyl sites for hydroxylation is 1. The van der Waals surface area contributed by atoms with Gasteiger partial charge in [0.05, 0.1) is 11.4 Å². The second-order valence-corrected chi connectivity index (χ2v) is 5.72. The number of nitrogen functional groups attached to an aromatic ring is 1. The fourth-order valence-corrected chi connectivity index (χ4v) is 3.17. The lowest BCUT2D eigenvalue weighted by Crippen LogP contribution is -2.46. The summed E-state index contributed by atoms with van der Waals surface area (Å²) in [6.07, 6.45) is 1.87. The zero-order chi connectivity index (χ0) is 13.2. The van der Waals surface area contributed by atoms with E-state index in [1.54, 1.807) is 11.3 Å². The van der Waals surface area contributed by atoms with Crippen LogP contribution in [-0.4, -0.2) is 31.2 Å². The maximum Gasteiger partial charge on any atom is 0.185 e. The Hall–Kier alpha value is -1.75. The number of hydrogen-bond donors (Lipinski definition) is 1. The van der Waals surface area contributed by atoms with Crippen LogP contribution < -0.4 is 15.5 Å². The maximum atomic E-state index is 6.12. The van der Waals surface area contributed by atoms with Crippen molar-refractivity contribution in [3.8, 4) is 0 Å². The summed E-state index contributed by atoms with van der Waals surface area (Å²) in [4.78, 5) is 9.07. The summed E-state index contributed by atoms with van der Waals surface area (Å²) >= 11 is 1.70. The molecule has 1 aromatic heterocycles. The predicted molar refractivity (Wildman–Crippen MR) is 82.1 cm³/mol. The first-order valence-electron chi connectivity index (χ1n) is 6.49. The van der Waals surface area contributed by atoms with Crippen molar-refractivity contribution in [2.75, 3.05) is 41.7 Å². The van der Waals surface area contributed by atoms with Crippen molar-refractivity contribution in [1.29, 1.82) is 0 Å². The van der Waals surface area contributed by atoms with Crippen molar-refractivity contribution in [1.82, 2.24) is 4.98 Å². The highest BCUT2D eigenvalue weighted by Gasteiger charge is 2.19. The van der Waals surface area contributed by atoms with Crippen LogP contribution in [0.15, 0.2) is 29.8 Å². The maximum absolute atomic E-state index is 6.12. The van der Waals surface area contributed by atoms with Crippen LogP contribution in [0.5, 0.6) is 0 Å². The van der Waals surface area contributed by atoms with Gasteiger partial charge in [0.1, 0.15) is 0 Å². The van der Waals surface area contributed by atoms with Gasteiger partial charge in [-0.15, -0.1) is 11.3 Å². The Labute approximate surface area is 117 Å². The van der Waals surface area contributed by atoms with Gasteiger partial charge in [-0.3, -0.25) is 0 Å². The zero-order valence-electron chi connectivity index (χ0n) is 11.0. The standard InChI is InChI=1S/C14H18N4S/c1-11-2-3-13(12(15)10-11)17-5-7-18(8-6-17)14-16-4-9-19-14/h2-4,9-10H,5-8,15H2,1H3. The molecule has 0 unspecified atom stereocenters. The second-order valence-electron chi connectivity index (χ2n) is 4.85. The zero-order valence-corrected chi connectivity index (χ0v) is 11.9. The summed E-state index contributed by atoms with van der Waals surface area (Å²) in [6, 6.07) is 6.30. The van der Waals surface area contributed by atoms with Crippen molar-refractivity contribution < 1.29 is 0 Å². The molecule has 3 rings (SSSR count). The second kappa shape index (κ2) is 5.09. The SMILES string of the molecule is Cc1ccc(N2CCN(c3nccs3)CC2)c(N)c1. The van der Waals surface area contributed by atoms with E-state index in [0.717, 1.165) is 42.7 Å². The quantitative estimate of drug-likeness (QED) is 0.854. The van der Waals surface area contributed by atoms with Gasteiger partial charge in [-0.25, -0.2) is 4.98 Å². The molecule has 5 heteroatoms. The van der Waals surface area contributed by atoms with Gasteiger partial charge in [-0.2, -0.15) is 0 Å². The third kappa shape index (κ3) is 2.51. The molecule has 0 spiro atoms. The van der Waals surface area contributed by atoms with Crippen molar-refractivity contribution >= 4 is 27.8 Å². The van der Waals surface area contributed by atoms with E-state index in [1.807, 2.05) is 17.6 Å². The normalized spacial score (nSPS) is 15.8. The highest BCUT2D eigenvalue weighted by atomic mass is 32.1. The molecule has 2 N–H and O–H groups in total. The lowest BCUT2D eigenvalue weighted by molar-refractivity contribution is 0.652. The Morgan fingerprint density at radius 3 is 2.53 bits per heavy atom. The van der Waals surface area contributed by atoms with Crippen LogP contribution in [0.1, 0.15) is 5.56 Å². The topological polar surface area (TPSA) is 45.4 Å². The van der Waals surface area contributed by atoms with Crippen LogP contribution in [0.4, 0.5) is 16.5 Å². The van der Waals surface area contributed by atoms with E-state index in [1.165, 1.54) is 5.56 Å². The van der Waals surface area contributed by atoms with E-state index in [2.05, 4.69) is 33.8 Å². The molecule has 1 aliphatic rings. The highest BCUT2D eigenvalue weighted by Crippen LogP contribution is 2.26. The molecule has 0 atom stereocenters. The van der Waals surface area contributed by atoms with E-state index in [-0.39, 0.29) is 0 Å². The number of piperazine rings is 1. The molecule has 0 radical (unpaired) electrons. The highest BCUT2D eigenvalue weighted by molar-refractivity contribution is 7.13. The third-order valence-electron chi connectivity index (χ3n) is 3.49. The summed E-state index contributed by atoms with van der Waals surface area (Å²) in [5, 5.41) is 3.15. The third-order valence-corrected chi connectivity index (χ3v) is 4.33. The molecule has 0 amide bonds. The fraction of sp³-hybridized carbons (Fsp3) is 0.357. The molecule has 100 valence electrons. The molecular formula is C14H18N4S. The van der Waals surface area contributed by atoms with Gasteiger partial charge in [0.25, 0.3) is 0 Å². The summed E-state index contributed by atoms with van der Waals surface area (Å²) in [5.74, 6) is 0. The van der Waals surface area contributed by atoms with Gasteiger partial charge >= 0.3 is 0 Å². The van der Waals surface area contributed by atoms with E-state index in [4.69, 9.17) is 5.73 Å². The van der Waals surface area contributed by atoms with Crippen LogP contribution in [0.2, 0.25) is 0 Å². The Bertz CT molecular complexity index is 545. The van der Waals surface area contributed by atoms with Crippen LogP contribution in [0.25, 0.3) is 0 Å². The molecule has 1 aromatic carbocycles. The van der Waals surface area contributed by atoms with E-state index >= 15 is 0 Å². The van der Waals surface area contributed by atoms with Crippen LogP contribution in [0, 0.1) is 6.92 Å². The Balaban J connectivity index is 1.70. The molecule has 2 heterocycles. The minimum atomic E-state index is 0.877. The number of thiazole rings is 1. The lowest BCUT2D eigenvalue weighted by Gasteiger charge is -2.36. The molecule has 1 fully saturated rings. The van der Waals surface area contributed by atoms with E-state index in [0.29, 0.717) is 0 Å². The lowest BCUT2D eigenvalue weighted by atomic mass is 10.1. The molecule has 1 saturated heterocycles. The molecule has 4 nitrogen and oxygen atoms in total. The minimum absolute atomic E-state index is 0.877. The predicted octanol–water partition coefficient (Wildman–Crippen LogP) is 2.36. The molecule has 1 aliphatic heterocycles. The largest absolute Gasteiger partial charge is 0.397 e. The number of hydrogen-bond acceptors (Lipinski definition) is 5. The Morgan fingerprint density at radius 2 is 1.89 bits per heavy atom. The monoisotopic (exact) mass is 274 g/mol. The molecule has 2 aromatic rings. The summed E-state index contributed by atoms with van der Waals surface area (Å²) in [7, 11) is 0. The first kappa shape index (κ1) is 12.3. The van der Waals surface area contributed by atoms with Gasteiger partial charge in [0.2, 0.25) is 0 Å². The summed E-state index contributed by atoms with van der Waals surface area (Å²) in [5.41, 5.74) is 9.36. The Morgan fingerprint density at radius 1 is 1.16 bits per heavy atom. The number of rotatable bonds is 2. The first-order valence-corrected chi connectivity index (χ1v) is 7.37. The van der Waals surface area contributed by atoms with Gasteiger partial charge in [-0.05, 0) is 24.6 Å². The molecule has 0 bridgehead atoms. The van der Waals surface area contributed by atoms with Crippen LogP contribution in [0.3, 0.4) is 0 Å². The van der Waals surface area contributed by atoms with Crippen molar-refractivity contribution in [3.63, 3.8) is 0 Å². The first-order chi connectivity index (χ1) is 9.24. The van der Waals surface area contributed by atoms with Gasteiger partial charge in [-0.1, -0.05) is 6.07 Å². The number of nitrogens with two attached hydrogens (primary N) is 1. The van der Waals surface area contributed by atoms with Gasteiger partial charge in [0, 0.05) is 37.8 Å². The molecule has 0 aliphatic carbocycles. The average molecular weight is 274 g/mol. The molecule has 19 heavy (non-hydrogen) atoms. The molecular weight excluding hydrogens is 256 g/mol. The van der Waals surface area contributed by atoms with E-state index in [9.17, 15) is 0 Å². The number of nitrogens with zero attached hydrogens (tertiary/aromatic N) is 3. The average Bonchev–Trinajstić information content (AvgIpc) is 2.93. The minimum Gasteiger partial charge on any atom is -0.397 e. The smallest absolute Gasteiger partial charge is 0.185 e. The van der Waals surface area contributed by atoms with Gasteiger partial charge in [0.15, 0.2) is 5.13 Å². The van der Waals surface area contributed by atoms with Crippen molar-refractivity contribution in [2.24, 2.45) is 0 Å². The molecule has 0 saturated carbocycles. The van der Waals surface area contributed by atoms with Crippen molar-refractivity contribution in [3.05, 3.63) is 35.3 Å². The summed E-state index contributed by atoms with van der Waals surface area (Å²) in [6.45, 7) is 6.06. The van der Waals surface area contributed by atoms with Crippen molar-refractivity contribution in [2.45, 2.75) is 6.92 Å². The number of aromatic nitrogens is 1. The fourth-order valence-electron chi connectivity index (χ4n) is 2.47. The van der Waals surface area contributed by atoms with Crippen LogP contribution in [-0.2, 0) is 0 Å². The Kier molecular flexibility index (Phi) is 3.29. The van der Waals surface area contributed by atoms with E-state index < -0.39 is 0 Å². The summed E-state index contributed by atoms with van der Waals surface area (Å²) < 4.78 is 0. The number of anilines is 3.